The molecule has 2 rings (SSSR count). The molecular formula is C14H25IN4OS. The van der Waals surface area contributed by atoms with Crippen LogP contribution in [0.5, 0.6) is 0 Å². The van der Waals surface area contributed by atoms with Crippen LogP contribution in [0.15, 0.2) is 15.6 Å². The van der Waals surface area contributed by atoms with Gasteiger partial charge in [0.25, 0.3) is 0 Å². The SMILES string of the molecule is CCC(CC)c1cc(CN=C(N)N2CCSCC2)on1.I. The van der Waals surface area contributed by atoms with Crippen LogP contribution in [0.25, 0.3) is 0 Å². The topological polar surface area (TPSA) is 67.7 Å². The van der Waals surface area contributed by atoms with E-state index in [9.17, 15) is 0 Å². The molecule has 0 aliphatic carbocycles. The van der Waals surface area contributed by atoms with Crippen LogP contribution in [-0.2, 0) is 6.54 Å². The number of nitrogens with two attached hydrogens (primary N) is 1. The van der Waals surface area contributed by atoms with Gasteiger partial charge in [0.15, 0.2) is 11.7 Å². The molecule has 2 N–H and O–H groups in total. The van der Waals surface area contributed by atoms with Crippen molar-refractivity contribution in [2.45, 2.75) is 39.2 Å². The first-order valence-corrected chi connectivity index (χ1v) is 8.48. The van der Waals surface area contributed by atoms with Crippen molar-refractivity contribution in [2.75, 3.05) is 24.6 Å². The van der Waals surface area contributed by atoms with Crippen molar-refractivity contribution in [1.82, 2.24) is 10.1 Å². The molecule has 120 valence electrons. The minimum absolute atomic E-state index is 0. The summed E-state index contributed by atoms with van der Waals surface area (Å²) in [5, 5.41) is 4.15. The first-order valence-electron chi connectivity index (χ1n) is 7.32. The minimum atomic E-state index is 0. The van der Waals surface area contributed by atoms with E-state index >= 15 is 0 Å². The summed E-state index contributed by atoms with van der Waals surface area (Å²) >= 11 is 1.96. The van der Waals surface area contributed by atoms with Gasteiger partial charge < -0.3 is 15.2 Å². The van der Waals surface area contributed by atoms with Gasteiger partial charge in [0.05, 0.1) is 5.69 Å². The number of nitrogens with zero attached hydrogens (tertiary/aromatic N) is 3. The zero-order valence-corrected chi connectivity index (χ0v) is 15.9. The fraction of sp³-hybridized carbons (Fsp3) is 0.714. The molecule has 1 aliphatic rings. The Morgan fingerprint density at radius 3 is 2.71 bits per heavy atom. The molecule has 0 unspecified atom stereocenters. The first-order chi connectivity index (χ1) is 9.74. The van der Waals surface area contributed by atoms with Crippen molar-refractivity contribution in [3.8, 4) is 0 Å². The summed E-state index contributed by atoms with van der Waals surface area (Å²) in [6, 6.07) is 2.01. The number of hydrogen-bond acceptors (Lipinski definition) is 4. The van der Waals surface area contributed by atoms with Crippen molar-refractivity contribution in [3.63, 3.8) is 0 Å². The standard InChI is InChI=1S/C14H24N4OS.HI/c1-3-11(4-2)13-9-12(19-17-13)10-16-14(15)18-5-7-20-8-6-18;/h9,11H,3-8,10H2,1-2H3,(H2,15,16);1H. The van der Waals surface area contributed by atoms with E-state index < -0.39 is 0 Å². The highest BCUT2D eigenvalue weighted by Gasteiger charge is 2.14. The maximum Gasteiger partial charge on any atom is 0.191 e. The van der Waals surface area contributed by atoms with E-state index in [0.717, 1.165) is 48.9 Å². The van der Waals surface area contributed by atoms with Gasteiger partial charge in [-0.15, -0.1) is 24.0 Å². The molecule has 5 nitrogen and oxygen atoms in total. The zero-order valence-electron chi connectivity index (χ0n) is 12.7. The van der Waals surface area contributed by atoms with Crippen molar-refractivity contribution in [1.29, 1.82) is 0 Å². The zero-order chi connectivity index (χ0) is 14.4. The summed E-state index contributed by atoms with van der Waals surface area (Å²) < 4.78 is 5.35. The van der Waals surface area contributed by atoms with Gasteiger partial charge in [-0.2, -0.15) is 11.8 Å². The van der Waals surface area contributed by atoms with Gasteiger partial charge in [-0.1, -0.05) is 19.0 Å². The molecule has 0 atom stereocenters. The monoisotopic (exact) mass is 424 g/mol. The highest BCUT2D eigenvalue weighted by atomic mass is 127. The quantitative estimate of drug-likeness (QED) is 0.447. The van der Waals surface area contributed by atoms with Gasteiger partial charge in [-0.05, 0) is 12.8 Å². The van der Waals surface area contributed by atoms with Crippen LogP contribution in [0.4, 0.5) is 0 Å². The Balaban J connectivity index is 0.00000220. The lowest BCUT2D eigenvalue weighted by Gasteiger charge is -2.27. The summed E-state index contributed by atoms with van der Waals surface area (Å²) in [6.07, 6.45) is 2.17. The molecule has 1 saturated heterocycles. The molecule has 1 aromatic rings. The van der Waals surface area contributed by atoms with Gasteiger partial charge in [0.2, 0.25) is 0 Å². The Morgan fingerprint density at radius 2 is 2.10 bits per heavy atom. The van der Waals surface area contributed by atoms with Gasteiger partial charge >= 0.3 is 0 Å². The van der Waals surface area contributed by atoms with E-state index in [2.05, 4.69) is 28.9 Å². The van der Waals surface area contributed by atoms with Crippen LogP contribution in [0.1, 0.15) is 44.1 Å². The van der Waals surface area contributed by atoms with E-state index in [-0.39, 0.29) is 24.0 Å². The maximum atomic E-state index is 6.02. The molecule has 0 bridgehead atoms. The predicted octanol–water partition coefficient (Wildman–Crippen LogP) is 3.06. The second-order valence-electron chi connectivity index (χ2n) is 5.01. The minimum Gasteiger partial charge on any atom is -0.370 e. The molecule has 1 aromatic heterocycles. The Kier molecular flexibility index (Phi) is 8.46. The Bertz CT molecular complexity index is 442. The van der Waals surface area contributed by atoms with Crippen molar-refractivity contribution in [3.05, 3.63) is 17.5 Å². The molecule has 7 heteroatoms. The molecule has 0 saturated carbocycles. The molecule has 0 aromatic carbocycles. The van der Waals surface area contributed by atoms with Crippen LogP contribution in [0.2, 0.25) is 0 Å². The molecular weight excluding hydrogens is 399 g/mol. The number of guanidine groups is 1. The summed E-state index contributed by atoms with van der Waals surface area (Å²) in [6.45, 7) is 6.79. The maximum absolute atomic E-state index is 6.02. The smallest absolute Gasteiger partial charge is 0.191 e. The van der Waals surface area contributed by atoms with Crippen LogP contribution in [0, 0.1) is 0 Å². The molecule has 0 spiro atoms. The highest BCUT2D eigenvalue weighted by molar-refractivity contribution is 14.0. The third-order valence-electron chi connectivity index (χ3n) is 3.71. The Labute approximate surface area is 148 Å². The average molecular weight is 424 g/mol. The normalized spacial score (nSPS) is 16.1. The summed E-state index contributed by atoms with van der Waals surface area (Å²) in [7, 11) is 0. The van der Waals surface area contributed by atoms with Crippen molar-refractivity contribution in [2.24, 2.45) is 10.7 Å². The molecule has 0 radical (unpaired) electrons. The van der Waals surface area contributed by atoms with Gasteiger partial charge in [0, 0.05) is 36.6 Å². The number of halogens is 1. The van der Waals surface area contributed by atoms with E-state index in [0.29, 0.717) is 18.4 Å². The fourth-order valence-corrected chi connectivity index (χ4v) is 3.26. The lowest BCUT2D eigenvalue weighted by molar-refractivity contribution is 0.371. The van der Waals surface area contributed by atoms with E-state index in [4.69, 9.17) is 10.3 Å². The summed E-state index contributed by atoms with van der Waals surface area (Å²) in [5.41, 5.74) is 7.06. The summed E-state index contributed by atoms with van der Waals surface area (Å²) in [5.74, 6) is 4.13. The lowest BCUT2D eigenvalue weighted by Crippen LogP contribution is -2.42. The second kappa shape index (κ2) is 9.55. The van der Waals surface area contributed by atoms with Gasteiger partial charge in [0.1, 0.15) is 6.54 Å². The fourth-order valence-electron chi connectivity index (χ4n) is 2.35. The number of aliphatic imine (C=N–C) groups is 1. The Morgan fingerprint density at radius 1 is 1.43 bits per heavy atom. The molecule has 21 heavy (non-hydrogen) atoms. The van der Waals surface area contributed by atoms with Crippen LogP contribution < -0.4 is 5.73 Å². The molecule has 0 amide bonds. The molecule has 2 heterocycles. The first kappa shape index (κ1) is 18.6. The number of hydrogen-bond donors (Lipinski definition) is 1. The summed E-state index contributed by atoms with van der Waals surface area (Å²) in [4.78, 5) is 6.55. The van der Waals surface area contributed by atoms with E-state index in [1.807, 2.05) is 17.8 Å². The average Bonchev–Trinajstić information content (AvgIpc) is 2.96. The van der Waals surface area contributed by atoms with Crippen molar-refractivity contribution < 1.29 is 4.52 Å². The van der Waals surface area contributed by atoms with E-state index in [1.165, 1.54) is 0 Å². The third kappa shape index (κ3) is 5.36. The number of thioether (sulfide) groups is 1. The molecule has 1 fully saturated rings. The van der Waals surface area contributed by atoms with Gasteiger partial charge in [-0.3, -0.25) is 0 Å². The van der Waals surface area contributed by atoms with Crippen LogP contribution >= 0.6 is 35.7 Å². The second-order valence-corrected chi connectivity index (χ2v) is 6.23. The third-order valence-corrected chi connectivity index (χ3v) is 4.66. The van der Waals surface area contributed by atoms with Crippen LogP contribution in [0.3, 0.4) is 0 Å². The number of aromatic nitrogens is 1. The van der Waals surface area contributed by atoms with Crippen molar-refractivity contribution >= 4 is 41.7 Å². The van der Waals surface area contributed by atoms with Crippen LogP contribution in [-0.4, -0.2) is 40.6 Å². The van der Waals surface area contributed by atoms with E-state index in [1.54, 1.807) is 0 Å². The Hall–Kier alpha value is -0.440. The van der Waals surface area contributed by atoms with Gasteiger partial charge in [-0.25, -0.2) is 4.99 Å². The lowest BCUT2D eigenvalue weighted by atomic mass is 9.99. The highest BCUT2D eigenvalue weighted by Crippen LogP contribution is 2.22. The number of rotatable bonds is 5. The largest absolute Gasteiger partial charge is 0.370 e. The predicted molar refractivity (Wildman–Crippen MR) is 99.5 cm³/mol. The molecule has 1 aliphatic heterocycles.